The molecule has 3 heterocycles. The maximum Gasteiger partial charge on any atom is 0.586 e. The van der Waals surface area contributed by atoms with E-state index in [0.29, 0.717) is 29.6 Å². The van der Waals surface area contributed by atoms with Gasteiger partial charge in [-0.05, 0) is 79.8 Å². The third-order valence-electron chi connectivity index (χ3n) is 8.70. The average Bonchev–Trinajstić information content (AvgIpc) is 3.70. The molecule has 0 saturated heterocycles. The number of ether oxygens (including phenoxy) is 3. The van der Waals surface area contributed by atoms with Gasteiger partial charge in [0.2, 0.25) is 0 Å². The van der Waals surface area contributed by atoms with Gasteiger partial charge < -0.3 is 24.5 Å². The Hall–Kier alpha value is -4.14. The molecule has 212 valence electrons. The Morgan fingerprint density at radius 3 is 2.68 bits per heavy atom. The Bertz CT molecular complexity index is 1630. The molecule has 0 amide bonds. The van der Waals surface area contributed by atoms with Crippen molar-refractivity contribution in [2.24, 2.45) is 0 Å². The quantitative estimate of drug-likeness (QED) is 0.337. The van der Waals surface area contributed by atoms with E-state index >= 15 is 0 Å². The Morgan fingerprint density at radius 1 is 1.07 bits per heavy atom. The van der Waals surface area contributed by atoms with Crippen molar-refractivity contribution >= 4 is 22.7 Å². The Balaban J connectivity index is 1.30. The number of nitrogens with one attached hydrogen (secondary N) is 2. The number of rotatable bonds is 5. The minimum absolute atomic E-state index is 0.0298. The minimum atomic E-state index is -3.71. The highest BCUT2D eigenvalue weighted by atomic mass is 19.3. The van der Waals surface area contributed by atoms with Gasteiger partial charge in [0.05, 0.1) is 5.57 Å². The molecule has 7 nitrogen and oxygen atoms in total. The van der Waals surface area contributed by atoms with Crippen LogP contribution in [0.3, 0.4) is 0 Å². The highest BCUT2D eigenvalue weighted by molar-refractivity contribution is 6.05. The van der Waals surface area contributed by atoms with Gasteiger partial charge in [-0.2, -0.15) is 0 Å². The van der Waals surface area contributed by atoms with Crippen LogP contribution >= 0.6 is 0 Å². The van der Waals surface area contributed by atoms with Crippen molar-refractivity contribution < 1.29 is 32.6 Å². The predicted molar refractivity (Wildman–Crippen MR) is 146 cm³/mol. The second-order valence-electron chi connectivity index (χ2n) is 11.2. The van der Waals surface area contributed by atoms with E-state index in [1.54, 1.807) is 6.07 Å². The summed E-state index contributed by atoms with van der Waals surface area (Å²) in [7, 11) is 0. The fraction of sp³-hybridized carbons (Fsp3) is 0.375. The molecule has 1 fully saturated rings. The molecule has 2 aliphatic heterocycles. The average molecular weight is 561 g/mol. The number of allylic oxidation sites excluding steroid dienone is 3. The van der Waals surface area contributed by atoms with Gasteiger partial charge in [-0.25, -0.2) is 4.79 Å². The molecule has 0 radical (unpaired) electrons. The number of aromatic amines is 1. The first-order valence-electron chi connectivity index (χ1n) is 14.2. The summed E-state index contributed by atoms with van der Waals surface area (Å²) in [6, 6.07) is 12.5. The molecule has 0 spiro atoms. The number of carbonyl (C=O) groups excluding carboxylic acids is 2. The van der Waals surface area contributed by atoms with Gasteiger partial charge in [0.1, 0.15) is 6.10 Å². The van der Waals surface area contributed by atoms with Gasteiger partial charge in [0, 0.05) is 46.4 Å². The van der Waals surface area contributed by atoms with Gasteiger partial charge in [-0.1, -0.05) is 25.1 Å². The van der Waals surface area contributed by atoms with Crippen molar-refractivity contribution in [1.29, 1.82) is 0 Å². The fourth-order valence-corrected chi connectivity index (χ4v) is 6.82. The molecule has 2 atom stereocenters. The summed E-state index contributed by atoms with van der Waals surface area (Å²) < 4.78 is 42.5. The standard InChI is InChI=1S/C32H30F2N2O5/c1-2-22-30(31(38)39-19-6-3-4-7-19)28(21-8-5-9-23-20(21)12-13-35-23)29-24(36-22)14-18(15-25(29)37)17-10-11-26-27(16-17)41-32(33,34)40-26/h5,8-13,16,18-19,28,35-36H,2-4,6-7,14-15H2,1H3/t18-,28-/m1/s1. The first-order chi connectivity index (χ1) is 19.8. The second kappa shape index (κ2) is 9.75. The van der Waals surface area contributed by atoms with E-state index in [1.165, 1.54) is 12.1 Å². The highest BCUT2D eigenvalue weighted by Gasteiger charge is 2.45. The van der Waals surface area contributed by atoms with Crippen molar-refractivity contribution in [1.82, 2.24) is 10.3 Å². The topological polar surface area (TPSA) is 89.7 Å². The van der Waals surface area contributed by atoms with E-state index in [4.69, 9.17) is 4.74 Å². The lowest BCUT2D eigenvalue weighted by atomic mass is 9.71. The number of ketones is 1. The molecule has 2 aromatic carbocycles. The number of carbonyl (C=O) groups is 2. The summed E-state index contributed by atoms with van der Waals surface area (Å²) in [4.78, 5) is 31.2. The van der Waals surface area contributed by atoms with Gasteiger partial charge in [-0.3, -0.25) is 4.79 Å². The van der Waals surface area contributed by atoms with Crippen molar-refractivity contribution in [2.75, 3.05) is 0 Å². The lowest BCUT2D eigenvalue weighted by Gasteiger charge is -2.37. The van der Waals surface area contributed by atoms with Gasteiger partial charge in [0.25, 0.3) is 0 Å². The summed E-state index contributed by atoms with van der Waals surface area (Å²) in [6.07, 6.45) is 3.00. The van der Waals surface area contributed by atoms with Gasteiger partial charge in [0.15, 0.2) is 17.3 Å². The number of fused-ring (bicyclic) bond motifs is 2. The van der Waals surface area contributed by atoms with Crippen LogP contribution in [0, 0.1) is 0 Å². The number of halogens is 2. The summed E-state index contributed by atoms with van der Waals surface area (Å²) in [5, 5.41) is 4.40. The summed E-state index contributed by atoms with van der Waals surface area (Å²) in [5.41, 5.74) is 5.05. The van der Waals surface area contributed by atoms with Crippen LogP contribution in [0.1, 0.15) is 74.8 Å². The number of alkyl halides is 2. The monoisotopic (exact) mass is 560 g/mol. The largest absolute Gasteiger partial charge is 0.586 e. The smallest absolute Gasteiger partial charge is 0.459 e. The Labute approximate surface area is 235 Å². The summed E-state index contributed by atoms with van der Waals surface area (Å²) >= 11 is 0. The van der Waals surface area contributed by atoms with Crippen LogP contribution in [0.25, 0.3) is 10.9 Å². The molecular formula is C32H30F2N2O5. The maximum absolute atomic E-state index is 14.1. The molecule has 9 heteroatoms. The molecule has 0 bridgehead atoms. The number of dihydropyridines is 1. The molecule has 7 rings (SSSR count). The number of hydrogen-bond acceptors (Lipinski definition) is 6. The van der Waals surface area contributed by atoms with Crippen LogP contribution in [-0.2, 0) is 14.3 Å². The fourth-order valence-electron chi connectivity index (χ4n) is 6.82. The molecular weight excluding hydrogens is 530 g/mol. The van der Waals surface area contributed by atoms with Crippen molar-refractivity contribution in [3.8, 4) is 11.5 Å². The van der Waals surface area contributed by atoms with E-state index in [9.17, 15) is 18.4 Å². The minimum Gasteiger partial charge on any atom is -0.459 e. The molecule has 2 aliphatic carbocycles. The molecule has 41 heavy (non-hydrogen) atoms. The van der Waals surface area contributed by atoms with Crippen LogP contribution in [0.2, 0.25) is 0 Å². The van der Waals surface area contributed by atoms with Crippen molar-refractivity contribution in [2.45, 2.75) is 76.1 Å². The van der Waals surface area contributed by atoms with Crippen LogP contribution in [0.5, 0.6) is 11.5 Å². The summed E-state index contributed by atoms with van der Waals surface area (Å²) in [5.74, 6) is -1.39. The second-order valence-corrected chi connectivity index (χ2v) is 11.2. The van der Waals surface area contributed by atoms with Crippen molar-refractivity contribution in [3.63, 3.8) is 0 Å². The third-order valence-corrected chi connectivity index (χ3v) is 8.70. The van der Waals surface area contributed by atoms with Gasteiger partial charge >= 0.3 is 12.3 Å². The summed E-state index contributed by atoms with van der Waals surface area (Å²) in [6.45, 7) is 1.98. The first kappa shape index (κ1) is 25.8. The third kappa shape index (κ3) is 4.47. The molecule has 1 saturated carbocycles. The van der Waals surface area contributed by atoms with Crippen LogP contribution < -0.4 is 14.8 Å². The Morgan fingerprint density at radius 2 is 1.88 bits per heavy atom. The first-order valence-corrected chi connectivity index (χ1v) is 14.2. The number of aromatic nitrogens is 1. The van der Waals surface area contributed by atoms with E-state index in [1.807, 2.05) is 37.4 Å². The molecule has 2 N–H and O–H groups in total. The van der Waals surface area contributed by atoms with E-state index in [0.717, 1.165) is 53.5 Å². The highest BCUT2D eigenvalue weighted by Crippen LogP contribution is 2.49. The SMILES string of the molecule is CCC1=C(C(=O)OC2CCCC2)[C@H](c2cccc3[nH]ccc23)C2=C(C[C@@H](c3ccc4c(c3)OC(F)(F)O4)CC2=O)N1. The molecule has 3 aromatic rings. The van der Waals surface area contributed by atoms with Crippen LogP contribution in [0.4, 0.5) is 8.78 Å². The Kier molecular flexibility index (Phi) is 6.14. The van der Waals surface area contributed by atoms with Crippen molar-refractivity contribution in [3.05, 3.63) is 82.3 Å². The van der Waals surface area contributed by atoms with E-state index in [-0.39, 0.29) is 41.7 Å². The number of Topliss-reactive ketones (excluding diaryl/α,β-unsaturated/α-hetero) is 1. The molecule has 1 aromatic heterocycles. The van der Waals surface area contributed by atoms with E-state index in [2.05, 4.69) is 19.8 Å². The van der Waals surface area contributed by atoms with Crippen LogP contribution in [0.15, 0.2) is 71.2 Å². The predicted octanol–water partition coefficient (Wildman–Crippen LogP) is 6.73. The molecule has 0 unspecified atom stereocenters. The number of esters is 1. The zero-order valence-corrected chi connectivity index (χ0v) is 22.6. The number of H-pyrrole nitrogens is 1. The lowest BCUT2D eigenvalue weighted by Crippen LogP contribution is -2.37. The number of hydrogen-bond donors (Lipinski definition) is 2. The lowest BCUT2D eigenvalue weighted by molar-refractivity contribution is -0.286. The number of benzene rings is 2. The molecule has 4 aliphatic rings. The zero-order valence-electron chi connectivity index (χ0n) is 22.6. The van der Waals surface area contributed by atoms with Crippen LogP contribution in [-0.4, -0.2) is 29.1 Å². The van der Waals surface area contributed by atoms with E-state index < -0.39 is 12.2 Å². The maximum atomic E-state index is 14.1. The van der Waals surface area contributed by atoms with Gasteiger partial charge in [-0.15, -0.1) is 8.78 Å². The normalized spacial score (nSPS) is 23.6. The zero-order chi connectivity index (χ0) is 28.3.